The van der Waals surface area contributed by atoms with E-state index in [4.69, 9.17) is 0 Å². The molecule has 0 unspecified atom stereocenters. The van der Waals surface area contributed by atoms with E-state index in [0.29, 0.717) is 0 Å². The first-order valence-corrected chi connectivity index (χ1v) is 23.4. The maximum atomic E-state index is 2.47. The normalized spacial score (nSPS) is 11.5. The maximum absolute atomic E-state index is 2.47. The topological polar surface area (TPSA) is 8.17 Å². The molecular formula is C66H44N2. The zero-order valence-corrected chi connectivity index (χ0v) is 37.3. The van der Waals surface area contributed by atoms with Crippen LogP contribution < -0.4 is 4.90 Å². The number of anilines is 3. The molecule has 0 aliphatic rings. The number of hydrogen-bond acceptors (Lipinski definition) is 1. The van der Waals surface area contributed by atoms with Crippen molar-refractivity contribution in [2.75, 3.05) is 4.90 Å². The molecule has 0 saturated carbocycles. The van der Waals surface area contributed by atoms with Crippen LogP contribution in [0.15, 0.2) is 267 Å². The molecule has 0 atom stereocenters. The lowest BCUT2D eigenvalue weighted by atomic mass is 9.84. The molecule has 13 rings (SSSR count). The van der Waals surface area contributed by atoms with Gasteiger partial charge < -0.3 is 9.47 Å². The van der Waals surface area contributed by atoms with Crippen LogP contribution in [-0.2, 0) is 0 Å². The van der Waals surface area contributed by atoms with Gasteiger partial charge in [-0.3, -0.25) is 0 Å². The van der Waals surface area contributed by atoms with E-state index < -0.39 is 0 Å². The van der Waals surface area contributed by atoms with Crippen LogP contribution in [0.2, 0.25) is 0 Å². The Bertz CT molecular complexity index is 4020. The molecular weight excluding hydrogens is 821 g/mol. The van der Waals surface area contributed by atoms with Gasteiger partial charge in [-0.15, -0.1) is 0 Å². The van der Waals surface area contributed by atoms with Crippen LogP contribution in [0.4, 0.5) is 17.1 Å². The molecule has 0 radical (unpaired) electrons. The van der Waals surface area contributed by atoms with Crippen LogP contribution in [0.25, 0.3) is 104 Å². The molecule has 0 aliphatic carbocycles. The second-order valence-corrected chi connectivity index (χ2v) is 17.6. The molecule has 1 heterocycles. The minimum absolute atomic E-state index is 1.08. The van der Waals surface area contributed by atoms with Gasteiger partial charge in [-0.1, -0.05) is 206 Å². The van der Waals surface area contributed by atoms with Crippen molar-refractivity contribution in [1.29, 1.82) is 0 Å². The van der Waals surface area contributed by atoms with Crippen LogP contribution in [0, 0.1) is 0 Å². The summed E-state index contributed by atoms with van der Waals surface area (Å²) >= 11 is 0. The zero-order valence-electron chi connectivity index (χ0n) is 37.3. The number of fused-ring (bicyclic) bond motifs is 7. The van der Waals surface area contributed by atoms with E-state index in [1.54, 1.807) is 0 Å². The highest BCUT2D eigenvalue weighted by atomic mass is 15.1. The van der Waals surface area contributed by atoms with Gasteiger partial charge in [0.05, 0.1) is 16.7 Å². The van der Waals surface area contributed by atoms with Gasteiger partial charge in [-0.2, -0.15) is 0 Å². The monoisotopic (exact) mass is 864 g/mol. The quantitative estimate of drug-likeness (QED) is 0.138. The van der Waals surface area contributed by atoms with E-state index in [2.05, 4.69) is 276 Å². The molecule has 2 nitrogen and oxygen atoms in total. The van der Waals surface area contributed by atoms with Gasteiger partial charge >= 0.3 is 0 Å². The van der Waals surface area contributed by atoms with Crippen molar-refractivity contribution in [3.8, 4) is 50.2 Å². The Hall–Kier alpha value is -8.98. The van der Waals surface area contributed by atoms with E-state index in [1.165, 1.54) is 82.0 Å². The summed E-state index contributed by atoms with van der Waals surface area (Å²) in [6.45, 7) is 0. The fourth-order valence-electron chi connectivity index (χ4n) is 10.7. The van der Waals surface area contributed by atoms with Gasteiger partial charge in [0.2, 0.25) is 0 Å². The Morgan fingerprint density at radius 3 is 1.47 bits per heavy atom. The number of nitrogens with zero attached hydrogens (tertiary/aromatic N) is 2. The zero-order chi connectivity index (χ0) is 45.0. The summed E-state index contributed by atoms with van der Waals surface area (Å²) in [6.07, 6.45) is 0. The number of hydrogen-bond donors (Lipinski definition) is 0. The predicted molar refractivity (Wildman–Crippen MR) is 290 cm³/mol. The summed E-state index contributed by atoms with van der Waals surface area (Å²) in [4.78, 5) is 2.47. The average Bonchev–Trinajstić information content (AvgIpc) is 3.76. The molecule has 0 spiro atoms. The van der Waals surface area contributed by atoms with E-state index in [-0.39, 0.29) is 0 Å². The Morgan fingerprint density at radius 1 is 0.265 bits per heavy atom. The van der Waals surface area contributed by atoms with Crippen LogP contribution >= 0.6 is 0 Å². The summed E-state index contributed by atoms with van der Waals surface area (Å²) < 4.78 is 2.43. The first-order valence-electron chi connectivity index (χ1n) is 23.4. The van der Waals surface area contributed by atoms with Gasteiger partial charge in [0.15, 0.2) is 0 Å². The lowest BCUT2D eigenvalue weighted by molar-refractivity contribution is 1.18. The molecule has 0 saturated heterocycles. The molecule has 0 bridgehead atoms. The van der Waals surface area contributed by atoms with Crippen LogP contribution in [0.3, 0.4) is 0 Å². The second kappa shape index (κ2) is 16.5. The molecule has 1 aromatic heterocycles. The Labute approximate surface area is 395 Å². The van der Waals surface area contributed by atoms with E-state index >= 15 is 0 Å². The fourth-order valence-corrected chi connectivity index (χ4v) is 10.7. The number of para-hydroxylation sites is 1. The molecule has 0 N–H and O–H groups in total. The highest BCUT2D eigenvalue weighted by Gasteiger charge is 2.23. The fraction of sp³-hybridized carbons (Fsp3) is 0. The smallest absolute Gasteiger partial charge is 0.0562 e. The van der Waals surface area contributed by atoms with Crippen molar-refractivity contribution in [3.63, 3.8) is 0 Å². The first kappa shape index (κ1) is 39.4. The molecule has 68 heavy (non-hydrogen) atoms. The largest absolute Gasteiger partial charge is 0.310 e. The summed E-state index contributed by atoms with van der Waals surface area (Å²) in [5.41, 5.74) is 16.3. The molecule has 318 valence electrons. The molecule has 13 aromatic rings. The van der Waals surface area contributed by atoms with Gasteiger partial charge in [-0.25, -0.2) is 0 Å². The third kappa shape index (κ3) is 6.65. The van der Waals surface area contributed by atoms with Gasteiger partial charge in [0, 0.05) is 27.8 Å². The maximum Gasteiger partial charge on any atom is 0.0562 e. The third-order valence-electron chi connectivity index (χ3n) is 13.7. The first-order chi connectivity index (χ1) is 33.7. The van der Waals surface area contributed by atoms with Gasteiger partial charge in [-0.05, 0) is 137 Å². The SMILES string of the molecule is c1ccc(-c2cccc(N(c3cccc(-c4ccc5c(c4)c(-c4ccccc4)c(-c4ccccc4)c4ccccc45)c3)c3cccc4c3c3ccccc3n4-c3ccc4ccccc4c3)c2)cc1. The Kier molecular flexibility index (Phi) is 9.54. The lowest BCUT2D eigenvalue weighted by Gasteiger charge is -2.27. The standard InChI is InChI=1S/C66H44N2/c1-4-19-45(20-5-1)50-27-16-29-53(41-50)67(62-35-18-36-63-66(62)59-33-14-15-34-61(59)68(63)55-39-37-46-21-10-11-26-49(46)42-55)54-30-17-28-51(43-54)52-38-40-57-56-31-12-13-32-58(56)64(47-22-6-2-7-23-47)65(60(57)44-52)48-24-8-3-9-25-48/h1-44H. The van der Waals surface area contributed by atoms with Crippen LogP contribution in [0.1, 0.15) is 0 Å². The van der Waals surface area contributed by atoms with Crippen molar-refractivity contribution in [1.82, 2.24) is 4.57 Å². The molecule has 2 heteroatoms. The minimum Gasteiger partial charge on any atom is -0.310 e. The second-order valence-electron chi connectivity index (χ2n) is 17.6. The molecule has 0 fully saturated rings. The van der Waals surface area contributed by atoms with E-state index in [1.807, 2.05) is 0 Å². The van der Waals surface area contributed by atoms with Crippen molar-refractivity contribution >= 4 is 71.2 Å². The average molecular weight is 865 g/mol. The summed E-state index contributed by atoms with van der Waals surface area (Å²) in [5.74, 6) is 0. The van der Waals surface area contributed by atoms with Crippen LogP contribution in [-0.4, -0.2) is 4.57 Å². The Morgan fingerprint density at radius 2 is 0.765 bits per heavy atom. The summed E-state index contributed by atoms with van der Waals surface area (Å²) in [6, 6.07) is 97.6. The van der Waals surface area contributed by atoms with E-state index in [9.17, 15) is 0 Å². The number of aromatic nitrogens is 1. The van der Waals surface area contributed by atoms with Gasteiger partial charge in [0.1, 0.15) is 0 Å². The highest BCUT2D eigenvalue weighted by molar-refractivity contribution is 6.22. The molecule has 0 aliphatic heterocycles. The summed E-state index contributed by atoms with van der Waals surface area (Å²) in [5, 5.41) is 9.84. The Balaban J connectivity index is 1.05. The van der Waals surface area contributed by atoms with E-state index in [0.717, 1.165) is 39.4 Å². The minimum atomic E-state index is 1.08. The summed E-state index contributed by atoms with van der Waals surface area (Å²) in [7, 11) is 0. The molecule has 12 aromatic carbocycles. The highest BCUT2D eigenvalue weighted by Crippen LogP contribution is 2.48. The molecule has 0 amide bonds. The van der Waals surface area contributed by atoms with Crippen molar-refractivity contribution in [2.45, 2.75) is 0 Å². The van der Waals surface area contributed by atoms with Crippen molar-refractivity contribution in [2.24, 2.45) is 0 Å². The van der Waals surface area contributed by atoms with Gasteiger partial charge in [0.25, 0.3) is 0 Å². The van der Waals surface area contributed by atoms with Crippen molar-refractivity contribution < 1.29 is 0 Å². The van der Waals surface area contributed by atoms with Crippen LogP contribution in [0.5, 0.6) is 0 Å². The lowest BCUT2D eigenvalue weighted by Crippen LogP contribution is -2.10. The number of rotatable bonds is 8. The van der Waals surface area contributed by atoms with Crippen molar-refractivity contribution in [3.05, 3.63) is 267 Å². The number of benzene rings is 12. The predicted octanol–water partition coefficient (Wildman–Crippen LogP) is 18.4. The third-order valence-corrected chi connectivity index (χ3v) is 13.7.